The van der Waals surface area contributed by atoms with Gasteiger partial charge in [0.05, 0.1) is 71.4 Å². The Balaban J connectivity index is 0.868. The molecule has 0 aliphatic heterocycles. The number of sulfone groups is 1. The maximum Gasteiger partial charge on any atom is 0.330 e. The lowest BCUT2D eigenvalue weighted by molar-refractivity contribution is -0.145. The number of hydrazone groups is 1. The van der Waals surface area contributed by atoms with Crippen molar-refractivity contribution in [1.29, 1.82) is 0 Å². The monoisotopic (exact) mass is 1240 g/mol. The topological polar surface area (TPSA) is 239 Å². The van der Waals surface area contributed by atoms with Crippen LogP contribution >= 0.6 is 11.3 Å². The maximum absolute atomic E-state index is 14.0. The number of carbonyl (C=O) groups excluding carboxylic acids is 6. The van der Waals surface area contributed by atoms with E-state index in [1.54, 1.807) is 66.7 Å². The molecule has 0 amide bonds. The lowest BCUT2D eigenvalue weighted by Gasteiger charge is -2.26. The van der Waals surface area contributed by atoms with Gasteiger partial charge in [-0.25, -0.2) is 28.0 Å². The third kappa shape index (κ3) is 20.2. The average molecular weight is 1240 g/mol. The van der Waals surface area contributed by atoms with Crippen LogP contribution in [0.3, 0.4) is 0 Å². The fraction of sp³-hybridized carbons (Fsp3) is 0.373. The van der Waals surface area contributed by atoms with E-state index in [4.69, 9.17) is 42.9 Å². The van der Waals surface area contributed by atoms with Gasteiger partial charge in [0.2, 0.25) is 5.13 Å². The summed E-state index contributed by atoms with van der Waals surface area (Å²) in [7, 11) is -3.97. The normalized spacial score (nSPS) is 16.6. The molecular formula is C67H73N3O16S2. The zero-order valence-corrected chi connectivity index (χ0v) is 50.7. The second-order valence-electron chi connectivity index (χ2n) is 21.4. The molecule has 2 saturated carbocycles. The maximum atomic E-state index is 14.0. The van der Waals surface area contributed by atoms with Gasteiger partial charge in [-0.3, -0.25) is 19.2 Å². The minimum absolute atomic E-state index is 0.0663. The van der Waals surface area contributed by atoms with Gasteiger partial charge in [0.15, 0.2) is 15.7 Å². The number of fused-ring (bicyclic) bond motifs is 1. The standard InChI is InChI=1S/C67H73N3O16S2/c1-3-61(71)81-42-16-7-5-14-40-79-52-30-34-54(35-31-52)83-63(73)47-22-24-49(25-23-47)65(75)85-56-38-39-59(51(44-56)45-68-70(46-88(77,78)57-18-10-9-11-19-57)67-69-58-20-12-13-21-60(58)87-67)86-66(76)50-28-26-48(27-29-50)64(74)84-55-36-32-53(33-37-55)80-41-15-6-8-17-43-82-62(72)4-2/h3-4,9-13,18-21,30-39,44-45,47-50H,1-2,5-8,14-17,22-29,40-43,46H2. The molecule has 6 aromatic rings. The highest BCUT2D eigenvalue weighted by molar-refractivity contribution is 7.91. The minimum Gasteiger partial charge on any atom is -0.494 e. The molecule has 0 N–H and O–H groups in total. The van der Waals surface area contributed by atoms with E-state index in [0.29, 0.717) is 106 Å². The van der Waals surface area contributed by atoms with Gasteiger partial charge in [0.1, 0.15) is 34.5 Å². The van der Waals surface area contributed by atoms with Gasteiger partial charge in [-0.2, -0.15) is 5.10 Å². The first-order chi connectivity index (χ1) is 42.7. The summed E-state index contributed by atoms with van der Waals surface area (Å²) in [5.74, 6) is -3.09. The summed E-state index contributed by atoms with van der Waals surface area (Å²) in [6.45, 7) is 8.50. The quantitative estimate of drug-likeness (QED) is 0.00952. The molecule has 1 aromatic heterocycles. The van der Waals surface area contributed by atoms with Gasteiger partial charge in [0.25, 0.3) is 0 Å². The Morgan fingerprint density at radius 3 is 1.41 bits per heavy atom. The molecule has 0 saturated heterocycles. The van der Waals surface area contributed by atoms with Crippen LogP contribution in [0.2, 0.25) is 0 Å². The number of nitrogens with zero attached hydrogens (tertiary/aromatic N) is 3. The number of esters is 6. The second kappa shape index (κ2) is 33.4. The smallest absolute Gasteiger partial charge is 0.330 e. The first-order valence-electron chi connectivity index (χ1n) is 29.7. The van der Waals surface area contributed by atoms with Crippen molar-refractivity contribution >= 4 is 78.6 Å². The predicted molar refractivity (Wildman–Crippen MR) is 331 cm³/mol. The van der Waals surface area contributed by atoms with Crippen molar-refractivity contribution in [2.75, 3.05) is 37.3 Å². The summed E-state index contributed by atoms with van der Waals surface area (Å²) >= 11 is 1.24. The molecule has 21 heteroatoms. The fourth-order valence-corrected chi connectivity index (χ4v) is 12.2. The number of thiazole rings is 1. The second-order valence-corrected chi connectivity index (χ2v) is 24.3. The van der Waals surface area contributed by atoms with Crippen LogP contribution in [-0.2, 0) is 48.1 Å². The van der Waals surface area contributed by atoms with Crippen LogP contribution in [0.1, 0.15) is 108 Å². The molecule has 464 valence electrons. The Labute approximate surface area is 516 Å². The molecule has 88 heavy (non-hydrogen) atoms. The van der Waals surface area contributed by atoms with E-state index in [0.717, 1.165) is 68.2 Å². The lowest BCUT2D eigenvalue weighted by Crippen LogP contribution is -2.30. The molecule has 1 heterocycles. The van der Waals surface area contributed by atoms with Crippen molar-refractivity contribution in [2.24, 2.45) is 28.8 Å². The Morgan fingerprint density at radius 2 is 0.932 bits per heavy atom. The number of ether oxygens (including phenoxy) is 8. The highest BCUT2D eigenvalue weighted by Gasteiger charge is 2.34. The number of benzene rings is 5. The molecule has 19 nitrogen and oxygen atoms in total. The van der Waals surface area contributed by atoms with Crippen LogP contribution in [0.5, 0.6) is 34.5 Å². The van der Waals surface area contributed by atoms with Crippen molar-refractivity contribution in [1.82, 2.24) is 4.98 Å². The van der Waals surface area contributed by atoms with Gasteiger partial charge < -0.3 is 37.9 Å². The van der Waals surface area contributed by atoms with Crippen LogP contribution in [0.4, 0.5) is 5.13 Å². The van der Waals surface area contributed by atoms with E-state index in [1.165, 1.54) is 52.9 Å². The summed E-state index contributed by atoms with van der Waals surface area (Å²) in [6, 6.07) is 33.5. The third-order valence-corrected chi connectivity index (χ3v) is 17.6. The fourth-order valence-electron chi connectivity index (χ4n) is 9.97. The van der Waals surface area contributed by atoms with Crippen molar-refractivity contribution in [3.8, 4) is 34.5 Å². The van der Waals surface area contributed by atoms with Crippen molar-refractivity contribution < 1.29 is 75.1 Å². The molecule has 0 bridgehead atoms. The predicted octanol–water partition coefficient (Wildman–Crippen LogP) is 12.5. The van der Waals surface area contributed by atoms with Crippen molar-refractivity contribution in [2.45, 2.75) is 108 Å². The minimum atomic E-state index is -3.97. The molecule has 8 rings (SSSR count). The SMILES string of the molecule is C=CC(=O)OCCCCCCOc1ccc(OC(=O)C2CCC(C(=O)Oc3ccc(OC(=O)C4CCC(C(=O)Oc5ccc(OCCCCCCOC(=O)C=C)cc5)CC4)c(C=NN(CS(=O)(=O)c4ccccc4)c4nc5ccccc5s4)c3)CC2)cc1. The molecule has 0 radical (unpaired) electrons. The molecule has 2 aliphatic carbocycles. The van der Waals surface area contributed by atoms with E-state index in [1.807, 2.05) is 24.3 Å². The number of hydrogen-bond donors (Lipinski definition) is 0. The van der Waals surface area contributed by atoms with Gasteiger partial charge in [-0.15, -0.1) is 0 Å². The van der Waals surface area contributed by atoms with Crippen LogP contribution in [0.15, 0.2) is 157 Å². The summed E-state index contributed by atoms with van der Waals surface area (Å²) in [5.41, 5.74) is 0.832. The van der Waals surface area contributed by atoms with Crippen LogP contribution in [-0.4, -0.2) is 87.7 Å². The molecule has 0 unspecified atom stereocenters. The molecule has 5 aromatic carbocycles. The van der Waals surface area contributed by atoms with E-state index in [9.17, 15) is 37.2 Å². The van der Waals surface area contributed by atoms with E-state index in [-0.39, 0.29) is 27.1 Å². The van der Waals surface area contributed by atoms with Crippen molar-refractivity contribution in [3.05, 3.63) is 152 Å². The molecule has 0 atom stereocenters. The Bertz CT molecular complexity index is 3430. The van der Waals surface area contributed by atoms with Crippen LogP contribution in [0.25, 0.3) is 10.2 Å². The van der Waals surface area contributed by atoms with E-state index in [2.05, 4.69) is 18.3 Å². The van der Waals surface area contributed by atoms with Gasteiger partial charge >= 0.3 is 35.8 Å². The zero-order valence-electron chi connectivity index (χ0n) is 49.0. The molecular weight excluding hydrogens is 1170 g/mol. The van der Waals surface area contributed by atoms with Gasteiger partial charge in [-0.05, 0) is 194 Å². The lowest BCUT2D eigenvalue weighted by atomic mass is 9.82. The summed E-state index contributed by atoms with van der Waals surface area (Å²) in [4.78, 5) is 81.6. The zero-order chi connectivity index (χ0) is 62.1. The number of unbranched alkanes of at least 4 members (excludes halogenated alkanes) is 6. The van der Waals surface area contributed by atoms with Gasteiger partial charge in [0, 0.05) is 17.7 Å². The Morgan fingerprint density at radius 1 is 0.511 bits per heavy atom. The summed E-state index contributed by atoms with van der Waals surface area (Å²) < 4.78 is 73.8. The molecule has 2 aliphatic rings. The largest absolute Gasteiger partial charge is 0.494 e. The number of aromatic nitrogens is 1. The van der Waals surface area contributed by atoms with E-state index >= 15 is 0 Å². The van der Waals surface area contributed by atoms with E-state index < -0.39 is 75.2 Å². The number of carbonyl (C=O) groups is 6. The third-order valence-electron chi connectivity index (χ3n) is 15.0. The number of para-hydroxylation sites is 1. The first kappa shape index (κ1) is 65.3. The Hall–Kier alpha value is -8.69. The number of rotatable bonds is 32. The highest BCUT2D eigenvalue weighted by atomic mass is 32.2. The summed E-state index contributed by atoms with van der Waals surface area (Å²) in [5, 5.41) is 6.21. The molecule has 0 spiro atoms. The first-order valence-corrected chi connectivity index (χ1v) is 32.2. The van der Waals surface area contributed by atoms with Crippen LogP contribution < -0.4 is 33.4 Å². The van der Waals surface area contributed by atoms with Crippen LogP contribution in [0, 0.1) is 23.7 Å². The average Bonchev–Trinajstić information content (AvgIpc) is 2.68. The highest BCUT2D eigenvalue weighted by Crippen LogP contribution is 2.36. The van der Waals surface area contributed by atoms with Gasteiger partial charge in [-0.1, -0.05) is 54.8 Å². The molecule has 2 fully saturated rings. The Kier molecular flexibility index (Phi) is 24.8. The number of hydrogen-bond acceptors (Lipinski definition) is 20. The summed E-state index contributed by atoms with van der Waals surface area (Å²) in [6.07, 6.45) is 13.4. The van der Waals surface area contributed by atoms with Crippen molar-refractivity contribution in [3.63, 3.8) is 0 Å². The number of anilines is 1.